The first kappa shape index (κ1) is 28.6. The highest BCUT2D eigenvalue weighted by Crippen LogP contribution is 2.17. The molecule has 164 valence electrons. The molecular formula is C22H49N3O2. The van der Waals surface area contributed by atoms with Gasteiger partial charge in [-0.05, 0) is 78.4 Å². The highest BCUT2D eigenvalue weighted by atomic mass is 16.5. The van der Waals surface area contributed by atoms with Crippen LogP contribution in [0.25, 0.3) is 0 Å². The summed E-state index contributed by atoms with van der Waals surface area (Å²) < 4.78 is 4.94. The third-order valence-corrected chi connectivity index (χ3v) is 4.95. The minimum Gasteiger partial charge on any atom is -0.379 e. The number of ether oxygens (including phenoxy) is 1. The van der Waals surface area contributed by atoms with Gasteiger partial charge in [0.05, 0.1) is 5.60 Å². The number of rotatable bonds is 4. The van der Waals surface area contributed by atoms with Gasteiger partial charge < -0.3 is 20.3 Å². The van der Waals surface area contributed by atoms with Gasteiger partial charge >= 0.3 is 0 Å². The molecule has 2 fully saturated rings. The Morgan fingerprint density at radius 1 is 1.11 bits per heavy atom. The Bertz CT molecular complexity index is 330. The fourth-order valence-corrected chi connectivity index (χ4v) is 3.04. The van der Waals surface area contributed by atoms with Gasteiger partial charge in [-0.2, -0.15) is 0 Å². The molecule has 0 saturated carbocycles. The number of carbonyl (C=O) groups excluding carboxylic acids is 1. The predicted octanol–water partition coefficient (Wildman–Crippen LogP) is 4.01. The maximum Gasteiger partial charge on any atom is 0.209 e. The highest BCUT2D eigenvalue weighted by molar-refractivity contribution is 5.47. The van der Waals surface area contributed by atoms with E-state index in [1.807, 2.05) is 39.5 Å². The lowest BCUT2D eigenvalue weighted by atomic mass is 9.95. The second-order valence-electron chi connectivity index (χ2n) is 8.33. The van der Waals surface area contributed by atoms with Gasteiger partial charge in [0.2, 0.25) is 6.41 Å². The van der Waals surface area contributed by atoms with Gasteiger partial charge in [0.15, 0.2) is 0 Å². The Balaban J connectivity index is 0. The zero-order valence-electron chi connectivity index (χ0n) is 19.6. The molecule has 0 bridgehead atoms. The Hall–Kier alpha value is -0.650. The number of hydrogen-bond acceptors (Lipinski definition) is 4. The molecule has 0 spiro atoms. The third-order valence-electron chi connectivity index (χ3n) is 4.95. The molecule has 0 radical (unpaired) electrons. The van der Waals surface area contributed by atoms with Crippen molar-refractivity contribution >= 4 is 6.41 Å². The summed E-state index contributed by atoms with van der Waals surface area (Å²) in [4.78, 5) is 14.5. The maximum atomic E-state index is 10.2. The molecular weight excluding hydrogens is 338 g/mol. The highest BCUT2D eigenvalue weighted by Gasteiger charge is 2.18. The first-order valence-corrected chi connectivity index (χ1v) is 10.9. The topological polar surface area (TPSA) is 58.8 Å². The first-order valence-electron chi connectivity index (χ1n) is 10.9. The molecule has 1 amide bonds. The minimum absolute atomic E-state index is 0.0417. The predicted molar refractivity (Wildman–Crippen MR) is 118 cm³/mol. The van der Waals surface area contributed by atoms with Crippen LogP contribution in [-0.2, 0) is 9.53 Å². The first-order chi connectivity index (χ1) is 12.8. The van der Waals surface area contributed by atoms with Crippen molar-refractivity contribution < 1.29 is 9.53 Å². The minimum atomic E-state index is 0.0417. The summed E-state index contributed by atoms with van der Waals surface area (Å²) in [5.74, 6) is 1.65. The zero-order chi connectivity index (χ0) is 21.3. The SMILES string of the molecule is CC.CCC1CCN(C=O)C1.CN1CCCC(CCN)C1.COC(C)(C)C. The molecule has 0 aromatic heterocycles. The van der Waals surface area contributed by atoms with E-state index in [4.69, 9.17) is 10.5 Å². The van der Waals surface area contributed by atoms with Gasteiger partial charge in [0.1, 0.15) is 0 Å². The van der Waals surface area contributed by atoms with Crippen molar-refractivity contribution in [2.75, 3.05) is 46.9 Å². The van der Waals surface area contributed by atoms with E-state index in [2.05, 4.69) is 18.9 Å². The lowest BCUT2D eigenvalue weighted by Crippen LogP contribution is -2.32. The van der Waals surface area contributed by atoms with Gasteiger partial charge in [0.25, 0.3) is 0 Å². The Morgan fingerprint density at radius 2 is 1.70 bits per heavy atom. The third kappa shape index (κ3) is 17.2. The summed E-state index contributed by atoms with van der Waals surface area (Å²) in [5.41, 5.74) is 5.53. The molecule has 2 aliphatic rings. The van der Waals surface area contributed by atoms with Crippen LogP contribution in [0, 0.1) is 11.8 Å². The van der Waals surface area contributed by atoms with Crippen molar-refractivity contribution in [3.8, 4) is 0 Å². The molecule has 0 aliphatic carbocycles. The van der Waals surface area contributed by atoms with Crippen molar-refractivity contribution in [1.82, 2.24) is 9.80 Å². The summed E-state index contributed by atoms with van der Waals surface area (Å²) in [7, 11) is 3.91. The van der Waals surface area contributed by atoms with E-state index in [1.165, 1.54) is 45.2 Å². The van der Waals surface area contributed by atoms with Crippen LogP contribution in [0.3, 0.4) is 0 Å². The fraction of sp³-hybridized carbons (Fsp3) is 0.955. The lowest BCUT2D eigenvalue weighted by Gasteiger charge is -2.29. The molecule has 27 heavy (non-hydrogen) atoms. The van der Waals surface area contributed by atoms with Gasteiger partial charge in [-0.25, -0.2) is 0 Å². The Kier molecular flexibility index (Phi) is 18.5. The molecule has 2 aliphatic heterocycles. The van der Waals surface area contributed by atoms with Crippen LogP contribution >= 0.6 is 0 Å². The van der Waals surface area contributed by atoms with Crippen molar-refractivity contribution in [2.24, 2.45) is 17.6 Å². The van der Waals surface area contributed by atoms with Gasteiger partial charge in [-0.3, -0.25) is 4.79 Å². The van der Waals surface area contributed by atoms with E-state index >= 15 is 0 Å². The number of piperidine rings is 1. The van der Waals surface area contributed by atoms with Crippen LogP contribution in [0.4, 0.5) is 0 Å². The summed E-state index contributed by atoms with van der Waals surface area (Å²) >= 11 is 0. The number of nitrogens with two attached hydrogens (primary N) is 1. The zero-order valence-corrected chi connectivity index (χ0v) is 19.6. The Morgan fingerprint density at radius 3 is 2.04 bits per heavy atom. The van der Waals surface area contributed by atoms with Crippen LogP contribution in [0.1, 0.15) is 73.6 Å². The van der Waals surface area contributed by atoms with Crippen LogP contribution in [0.5, 0.6) is 0 Å². The van der Waals surface area contributed by atoms with Gasteiger partial charge in [-0.1, -0.05) is 27.2 Å². The summed E-state index contributed by atoms with van der Waals surface area (Å²) in [6, 6.07) is 0. The number of hydrogen-bond donors (Lipinski definition) is 1. The second-order valence-corrected chi connectivity index (χ2v) is 8.33. The van der Waals surface area contributed by atoms with E-state index in [0.717, 1.165) is 37.9 Å². The number of methoxy groups -OCH3 is 1. The van der Waals surface area contributed by atoms with E-state index in [9.17, 15) is 4.79 Å². The summed E-state index contributed by atoms with van der Waals surface area (Å²) in [6.07, 6.45) is 7.34. The van der Waals surface area contributed by atoms with E-state index < -0.39 is 0 Å². The second kappa shape index (κ2) is 17.4. The van der Waals surface area contributed by atoms with Gasteiger partial charge in [0, 0.05) is 26.7 Å². The molecule has 5 nitrogen and oxygen atoms in total. The quantitative estimate of drug-likeness (QED) is 0.741. The van der Waals surface area contributed by atoms with Crippen LogP contribution < -0.4 is 5.73 Å². The smallest absolute Gasteiger partial charge is 0.209 e. The number of amides is 1. The van der Waals surface area contributed by atoms with Crippen LogP contribution in [-0.4, -0.2) is 68.7 Å². The number of nitrogens with zero attached hydrogens (tertiary/aromatic N) is 2. The molecule has 2 heterocycles. The van der Waals surface area contributed by atoms with E-state index in [1.54, 1.807) is 7.11 Å². The monoisotopic (exact) mass is 387 g/mol. The normalized spacial score (nSPS) is 22.5. The number of carbonyl (C=O) groups is 1. The van der Waals surface area contributed by atoms with E-state index in [-0.39, 0.29) is 5.60 Å². The summed E-state index contributed by atoms with van der Waals surface area (Å²) in [5, 5.41) is 0. The molecule has 0 aromatic rings. The summed E-state index contributed by atoms with van der Waals surface area (Å²) in [6.45, 7) is 17.6. The molecule has 2 saturated heterocycles. The molecule has 2 unspecified atom stereocenters. The molecule has 0 aromatic carbocycles. The van der Waals surface area contributed by atoms with Crippen LogP contribution in [0.15, 0.2) is 0 Å². The average Bonchev–Trinajstić information content (AvgIpc) is 3.13. The molecule has 5 heteroatoms. The molecule has 2 N–H and O–H groups in total. The lowest BCUT2D eigenvalue weighted by molar-refractivity contribution is -0.117. The molecule has 2 rings (SSSR count). The standard InChI is InChI=1S/C8H18N2.C7H13NO.C5H12O.C2H6/c1-10-6-2-3-8(7-10)4-5-9;1-2-7-3-4-8(5-7)6-9;1-5(2,3)6-4;1-2/h8H,2-7,9H2,1H3;6-7H,2-5H2,1H3;1-4H3;1-2H3. The van der Waals surface area contributed by atoms with Gasteiger partial charge in [-0.15, -0.1) is 0 Å². The van der Waals surface area contributed by atoms with E-state index in [0.29, 0.717) is 0 Å². The molecule has 2 atom stereocenters. The van der Waals surface area contributed by atoms with Crippen molar-refractivity contribution in [2.45, 2.75) is 79.2 Å². The van der Waals surface area contributed by atoms with Crippen molar-refractivity contribution in [3.63, 3.8) is 0 Å². The number of likely N-dealkylation sites (tertiary alicyclic amines) is 2. The average molecular weight is 388 g/mol. The van der Waals surface area contributed by atoms with Crippen molar-refractivity contribution in [1.29, 1.82) is 0 Å². The Labute approximate surface area is 170 Å². The largest absolute Gasteiger partial charge is 0.379 e. The maximum absolute atomic E-state index is 10.2. The van der Waals surface area contributed by atoms with Crippen LogP contribution in [0.2, 0.25) is 0 Å². The van der Waals surface area contributed by atoms with Crippen molar-refractivity contribution in [3.05, 3.63) is 0 Å². The fourth-order valence-electron chi connectivity index (χ4n) is 3.04.